The average molecular weight is 472 g/mol. The molecule has 0 saturated carbocycles. The van der Waals surface area contributed by atoms with Crippen LogP contribution in [0, 0.1) is 5.92 Å². The molecular formula is C23H22ClN3O4S. The van der Waals surface area contributed by atoms with E-state index in [1.165, 1.54) is 11.8 Å². The minimum atomic E-state index is -0.0713. The number of carbonyl (C=O) groups is 2. The number of aromatic nitrogens is 2. The molecular weight excluding hydrogens is 450 g/mol. The highest BCUT2D eigenvalue weighted by Crippen LogP contribution is 2.26. The van der Waals surface area contributed by atoms with Gasteiger partial charge < -0.3 is 14.1 Å². The number of rotatable bonds is 7. The molecule has 9 heteroatoms. The van der Waals surface area contributed by atoms with Crippen LogP contribution in [0.4, 0.5) is 0 Å². The minimum absolute atomic E-state index is 0.00316. The zero-order valence-corrected chi connectivity index (χ0v) is 19.1. The van der Waals surface area contributed by atoms with E-state index in [0.717, 1.165) is 11.3 Å². The van der Waals surface area contributed by atoms with Crippen LogP contribution < -0.4 is 4.74 Å². The highest BCUT2D eigenvalue weighted by molar-refractivity contribution is 7.99. The lowest BCUT2D eigenvalue weighted by Crippen LogP contribution is -2.41. The number of hydrogen-bond donors (Lipinski definition) is 0. The SMILES string of the molecule is COc1ccc(C(=O)C2CCN(C(=O)CSc3nnc(-c4ccc(Cl)cc4)o3)CC2)cc1. The summed E-state index contributed by atoms with van der Waals surface area (Å²) >= 11 is 7.11. The molecule has 1 aromatic heterocycles. The zero-order valence-electron chi connectivity index (χ0n) is 17.5. The van der Waals surface area contributed by atoms with Gasteiger partial charge in [0.25, 0.3) is 5.22 Å². The number of hydrogen-bond acceptors (Lipinski definition) is 7. The van der Waals surface area contributed by atoms with Crippen molar-refractivity contribution in [1.82, 2.24) is 15.1 Å². The summed E-state index contributed by atoms with van der Waals surface area (Å²) in [6.07, 6.45) is 1.31. The van der Waals surface area contributed by atoms with Gasteiger partial charge in [0.1, 0.15) is 5.75 Å². The van der Waals surface area contributed by atoms with E-state index < -0.39 is 0 Å². The second kappa shape index (κ2) is 10.2. The first-order valence-electron chi connectivity index (χ1n) is 10.2. The summed E-state index contributed by atoms with van der Waals surface area (Å²) in [6, 6.07) is 14.3. The molecule has 0 N–H and O–H groups in total. The molecule has 3 aromatic rings. The summed E-state index contributed by atoms with van der Waals surface area (Å²) in [5.74, 6) is 1.36. The predicted molar refractivity (Wildman–Crippen MR) is 122 cm³/mol. The normalized spacial score (nSPS) is 14.4. The molecule has 2 heterocycles. The molecule has 4 rings (SSSR count). The van der Waals surface area contributed by atoms with Crippen molar-refractivity contribution in [2.45, 2.75) is 18.1 Å². The Labute approximate surface area is 195 Å². The van der Waals surface area contributed by atoms with Crippen LogP contribution in [0.5, 0.6) is 5.75 Å². The lowest BCUT2D eigenvalue weighted by atomic mass is 9.89. The van der Waals surface area contributed by atoms with Crippen LogP contribution in [0.2, 0.25) is 5.02 Å². The zero-order chi connectivity index (χ0) is 22.5. The molecule has 1 amide bonds. The number of likely N-dealkylation sites (tertiary alicyclic amines) is 1. The van der Waals surface area contributed by atoms with Gasteiger partial charge in [0.2, 0.25) is 11.8 Å². The maximum Gasteiger partial charge on any atom is 0.277 e. The molecule has 32 heavy (non-hydrogen) atoms. The van der Waals surface area contributed by atoms with Crippen molar-refractivity contribution >= 4 is 35.1 Å². The number of amides is 1. The Balaban J connectivity index is 1.26. The van der Waals surface area contributed by atoms with E-state index in [2.05, 4.69) is 10.2 Å². The van der Waals surface area contributed by atoms with Crippen LogP contribution >= 0.6 is 23.4 Å². The molecule has 0 unspecified atom stereocenters. The van der Waals surface area contributed by atoms with Crippen molar-refractivity contribution < 1.29 is 18.7 Å². The van der Waals surface area contributed by atoms with Crippen molar-refractivity contribution in [1.29, 1.82) is 0 Å². The number of methoxy groups -OCH3 is 1. The van der Waals surface area contributed by atoms with E-state index in [0.29, 0.717) is 47.6 Å². The number of ketones is 1. The summed E-state index contributed by atoms with van der Waals surface area (Å²) in [5, 5.41) is 9.00. The maximum absolute atomic E-state index is 12.7. The Hall–Kier alpha value is -2.84. The highest BCUT2D eigenvalue weighted by Gasteiger charge is 2.28. The van der Waals surface area contributed by atoms with Gasteiger partial charge in [-0.1, -0.05) is 23.4 Å². The lowest BCUT2D eigenvalue weighted by Gasteiger charge is -2.31. The van der Waals surface area contributed by atoms with Crippen molar-refractivity contribution in [3.63, 3.8) is 0 Å². The number of halogens is 1. The molecule has 2 aromatic carbocycles. The summed E-state index contributed by atoms with van der Waals surface area (Å²) < 4.78 is 10.8. The number of thioether (sulfide) groups is 1. The summed E-state index contributed by atoms with van der Waals surface area (Å²) in [6.45, 7) is 1.12. The van der Waals surface area contributed by atoms with Gasteiger partial charge in [0.05, 0.1) is 12.9 Å². The van der Waals surface area contributed by atoms with E-state index in [1.807, 2.05) is 0 Å². The smallest absolute Gasteiger partial charge is 0.277 e. The van der Waals surface area contributed by atoms with E-state index in [9.17, 15) is 9.59 Å². The molecule has 166 valence electrons. The van der Waals surface area contributed by atoms with Crippen LogP contribution in [0.3, 0.4) is 0 Å². The molecule has 1 saturated heterocycles. The van der Waals surface area contributed by atoms with Gasteiger partial charge in [0.15, 0.2) is 5.78 Å². The van der Waals surface area contributed by atoms with E-state index in [1.54, 1.807) is 60.5 Å². The average Bonchev–Trinajstić information content (AvgIpc) is 3.32. The number of benzene rings is 2. The van der Waals surface area contributed by atoms with Gasteiger partial charge in [-0.05, 0) is 61.4 Å². The van der Waals surface area contributed by atoms with Crippen molar-refractivity contribution in [2.75, 3.05) is 26.0 Å². The lowest BCUT2D eigenvalue weighted by molar-refractivity contribution is -0.129. The molecule has 0 radical (unpaired) electrons. The molecule has 1 fully saturated rings. The topological polar surface area (TPSA) is 85.5 Å². The fourth-order valence-electron chi connectivity index (χ4n) is 3.57. The van der Waals surface area contributed by atoms with Gasteiger partial charge >= 0.3 is 0 Å². The van der Waals surface area contributed by atoms with Crippen molar-refractivity contribution in [2.24, 2.45) is 5.92 Å². The van der Waals surface area contributed by atoms with E-state index in [-0.39, 0.29) is 23.4 Å². The van der Waals surface area contributed by atoms with E-state index in [4.69, 9.17) is 20.8 Å². The third-order valence-electron chi connectivity index (χ3n) is 5.41. The minimum Gasteiger partial charge on any atom is -0.497 e. The van der Waals surface area contributed by atoms with Gasteiger partial charge in [-0.3, -0.25) is 9.59 Å². The maximum atomic E-state index is 12.7. The Kier molecular flexibility index (Phi) is 7.12. The molecule has 0 spiro atoms. The Morgan fingerprint density at radius 1 is 1.09 bits per heavy atom. The first-order chi connectivity index (χ1) is 15.5. The number of piperidine rings is 1. The van der Waals surface area contributed by atoms with Gasteiger partial charge in [-0.2, -0.15) is 0 Å². The van der Waals surface area contributed by atoms with Crippen LogP contribution in [-0.4, -0.2) is 52.7 Å². The van der Waals surface area contributed by atoms with Crippen molar-refractivity contribution in [3.8, 4) is 17.2 Å². The Morgan fingerprint density at radius 3 is 2.44 bits per heavy atom. The van der Waals surface area contributed by atoms with Crippen molar-refractivity contribution in [3.05, 3.63) is 59.1 Å². The highest BCUT2D eigenvalue weighted by atomic mass is 35.5. The monoisotopic (exact) mass is 471 g/mol. The largest absolute Gasteiger partial charge is 0.497 e. The molecule has 1 aliphatic rings. The number of Topliss-reactive ketones (excluding diaryl/α,β-unsaturated/α-hetero) is 1. The standard InChI is InChI=1S/C23H22ClN3O4S/c1-30-19-8-4-15(5-9-19)21(29)16-10-12-27(13-11-16)20(28)14-32-23-26-25-22(31-23)17-2-6-18(24)7-3-17/h2-9,16H,10-14H2,1H3. The Bertz CT molecular complexity index is 1080. The number of carbonyl (C=O) groups excluding carboxylic acids is 2. The first-order valence-corrected chi connectivity index (χ1v) is 11.6. The number of nitrogens with zero attached hydrogens (tertiary/aromatic N) is 3. The summed E-state index contributed by atoms with van der Waals surface area (Å²) in [4.78, 5) is 27.1. The van der Waals surface area contributed by atoms with E-state index >= 15 is 0 Å². The van der Waals surface area contributed by atoms with Crippen LogP contribution in [-0.2, 0) is 4.79 Å². The van der Waals surface area contributed by atoms with Gasteiger partial charge in [0, 0.05) is 35.2 Å². The third kappa shape index (κ3) is 5.31. The fraction of sp³-hybridized carbons (Fsp3) is 0.304. The number of ether oxygens (including phenoxy) is 1. The van der Waals surface area contributed by atoms with Gasteiger partial charge in [-0.25, -0.2) is 0 Å². The Morgan fingerprint density at radius 2 is 1.78 bits per heavy atom. The van der Waals surface area contributed by atoms with Crippen LogP contribution in [0.25, 0.3) is 11.5 Å². The third-order valence-corrected chi connectivity index (χ3v) is 6.46. The molecule has 7 nitrogen and oxygen atoms in total. The molecule has 1 aliphatic heterocycles. The van der Waals surface area contributed by atoms with Gasteiger partial charge in [-0.15, -0.1) is 10.2 Å². The summed E-state index contributed by atoms with van der Waals surface area (Å²) in [5.41, 5.74) is 1.45. The quantitative estimate of drug-likeness (QED) is 0.367. The van der Waals surface area contributed by atoms with Crippen LogP contribution in [0.15, 0.2) is 58.2 Å². The second-order valence-corrected chi connectivity index (χ2v) is 8.78. The summed E-state index contributed by atoms with van der Waals surface area (Å²) in [7, 11) is 1.60. The second-order valence-electron chi connectivity index (χ2n) is 7.42. The molecule has 0 bridgehead atoms. The predicted octanol–water partition coefficient (Wildman–Crippen LogP) is 4.61. The first kappa shape index (κ1) is 22.4. The fourth-order valence-corrected chi connectivity index (χ4v) is 4.37. The van der Waals surface area contributed by atoms with Crippen LogP contribution in [0.1, 0.15) is 23.2 Å². The molecule has 0 aliphatic carbocycles. The molecule has 0 atom stereocenters.